The summed E-state index contributed by atoms with van der Waals surface area (Å²) in [6.45, 7) is 6.43. The van der Waals surface area contributed by atoms with Crippen molar-refractivity contribution < 1.29 is 4.79 Å². The van der Waals surface area contributed by atoms with Crippen molar-refractivity contribution in [1.82, 2.24) is 29.9 Å². The molecule has 2 rings (SSSR count). The molecule has 0 aliphatic heterocycles. The van der Waals surface area contributed by atoms with Crippen molar-refractivity contribution in [3.8, 4) is 0 Å². The average Bonchev–Trinajstić information content (AvgIpc) is 3.01. The van der Waals surface area contributed by atoms with Gasteiger partial charge in [-0.1, -0.05) is 18.5 Å². The van der Waals surface area contributed by atoms with E-state index >= 15 is 0 Å². The van der Waals surface area contributed by atoms with Crippen LogP contribution in [0.2, 0.25) is 5.02 Å². The highest BCUT2D eigenvalue weighted by atomic mass is 35.5. The van der Waals surface area contributed by atoms with Crippen LogP contribution in [0.4, 0.5) is 0 Å². The molecule has 1 amide bonds. The maximum atomic E-state index is 12.4. The number of nitrogens with one attached hydrogen (secondary N) is 1. The minimum Gasteiger partial charge on any atom is -0.341 e. The van der Waals surface area contributed by atoms with Gasteiger partial charge in [-0.2, -0.15) is 10.2 Å². The van der Waals surface area contributed by atoms with Crippen LogP contribution in [0.15, 0.2) is 6.33 Å². The summed E-state index contributed by atoms with van der Waals surface area (Å²) in [6, 6.07) is -0.216. The Hall–Kier alpha value is -1.89. The predicted octanol–water partition coefficient (Wildman–Crippen LogP) is 1.87. The van der Waals surface area contributed by atoms with Crippen molar-refractivity contribution >= 4 is 17.5 Å². The first-order valence-corrected chi connectivity index (χ1v) is 7.25. The van der Waals surface area contributed by atoms with Crippen LogP contribution in [0.3, 0.4) is 0 Å². The summed E-state index contributed by atoms with van der Waals surface area (Å²) in [5.41, 5.74) is 0.990. The number of carbonyl (C=O) groups is 1. The molecule has 2 heterocycles. The summed E-state index contributed by atoms with van der Waals surface area (Å²) in [7, 11) is 1.70. The molecule has 1 unspecified atom stereocenters. The van der Waals surface area contributed by atoms with E-state index in [1.807, 2.05) is 13.8 Å². The second kappa shape index (κ2) is 6.26. The number of carbonyl (C=O) groups excluding carboxylic acids is 1. The van der Waals surface area contributed by atoms with E-state index in [1.165, 1.54) is 11.0 Å². The standard InChI is InChI=1S/C13H19ClN6O/c1-5-9(12-15-7-16-20(12)6-2)17-13(21)11-10(14)8(3)18-19(11)4/h7,9H,5-6H2,1-4H3,(H,17,21). The number of hydrogen-bond acceptors (Lipinski definition) is 4. The number of halogens is 1. The molecule has 2 aromatic heterocycles. The molecule has 0 aromatic carbocycles. The van der Waals surface area contributed by atoms with Crippen LogP contribution >= 0.6 is 11.6 Å². The third-order valence-corrected chi connectivity index (χ3v) is 3.79. The van der Waals surface area contributed by atoms with E-state index in [-0.39, 0.29) is 11.9 Å². The van der Waals surface area contributed by atoms with E-state index in [9.17, 15) is 4.79 Å². The monoisotopic (exact) mass is 310 g/mol. The Labute approximate surface area is 128 Å². The van der Waals surface area contributed by atoms with Crippen molar-refractivity contribution in [3.05, 3.63) is 28.6 Å². The average molecular weight is 311 g/mol. The van der Waals surface area contributed by atoms with Gasteiger partial charge in [0.15, 0.2) is 0 Å². The number of amides is 1. The fourth-order valence-electron chi connectivity index (χ4n) is 2.24. The summed E-state index contributed by atoms with van der Waals surface area (Å²) < 4.78 is 3.26. The van der Waals surface area contributed by atoms with E-state index < -0.39 is 0 Å². The fourth-order valence-corrected chi connectivity index (χ4v) is 2.49. The third kappa shape index (κ3) is 2.92. The lowest BCUT2D eigenvalue weighted by Gasteiger charge is -2.17. The lowest BCUT2D eigenvalue weighted by molar-refractivity contribution is 0.0923. The van der Waals surface area contributed by atoms with Crippen LogP contribution in [-0.4, -0.2) is 30.5 Å². The van der Waals surface area contributed by atoms with E-state index in [2.05, 4.69) is 20.5 Å². The Morgan fingerprint density at radius 3 is 2.71 bits per heavy atom. The topological polar surface area (TPSA) is 77.6 Å². The Balaban J connectivity index is 2.25. The Morgan fingerprint density at radius 2 is 2.19 bits per heavy atom. The number of rotatable bonds is 5. The second-order valence-corrected chi connectivity index (χ2v) is 5.12. The van der Waals surface area contributed by atoms with Crippen LogP contribution in [0, 0.1) is 6.92 Å². The lowest BCUT2D eigenvalue weighted by atomic mass is 10.2. The highest BCUT2D eigenvalue weighted by Crippen LogP contribution is 2.21. The van der Waals surface area contributed by atoms with E-state index in [0.29, 0.717) is 29.4 Å². The first kappa shape index (κ1) is 15.5. The van der Waals surface area contributed by atoms with Crippen molar-refractivity contribution in [2.45, 2.75) is 39.8 Å². The SMILES string of the molecule is CCC(NC(=O)c1c(Cl)c(C)nn1C)c1ncnn1CC. The number of nitrogens with zero attached hydrogens (tertiary/aromatic N) is 5. The molecule has 21 heavy (non-hydrogen) atoms. The molecular weight excluding hydrogens is 292 g/mol. The minimum absolute atomic E-state index is 0.216. The molecule has 8 heteroatoms. The molecule has 2 aromatic rings. The second-order valence-electron chi connectivity index (χ2n) is 4.74. The van der Waals surface area contributed by atoms with Gasteiger partial charge in [0.2, 0.25) is 0 Å². The van der Waals surface area contributed by atoms with Gasteiger partial charge in [0.05, 0.1) is 16.8 Å². The molecule has 0 spiro atoms. The van der Waals surface area contributed by atoms with Crippen molar-refractivity contribution in [2.75, 3.05) is 0 Å². The highest BCUT2D eigenvalue weighted by molar-refractivity contribution is 6.34. The Morgan fingerprint density at radius 1 is 1.48 bits per heavy atom. The van der Waals surface area contributed by atoms with Crippen LogP contribution in [-0.2, 0) is 13.6 Å². The summed E-state index contributed by atoms with van der Waals surface area (Å²) >= 11 is 6.14. The molecule has 0 aliphatic rings. The highest BCUT2D eigenvalue weighted by Gasteiger charge is 2.23. The number of aryl methyl sites for hydroxylation is 3. The number of hydrogen-bond donors (Lipinski definition) is 1. The lowest BCUT2D eigenvalue weighted by Crippen LogP contribution is -2.31. The maximum Gasteiger partial charge on any atom is 0.271 e. The Bertz CT molecular complexity index is 647. The van der Waals surface area contributed by atoms with Gasteiger partial charge in [-0.15, -0.1) is 0 Å². The summed E-state index contributed by atoms with van der Waals surface area (Å²) in [5.74, 6) is 0.476. The van der Waals surface area contributed by atoms with Crippen LogP contribution in [0.1, 0.15) is 48.3 Å². The summed E-state index contributed by atoms with van der Waals surface area (Å²) in [5, 5.41) is 11.6. The van der Waals surface area contributed by atoms with Crippen LogP contribution < -0.4 is 5.32 Å². The molecule has 7 nitrogen and oxygen atoms in total. The molecule has 0 aliphatic carbocycles. The fraction of sp³-hybridized carbons (Fsp3) is 0.538. The van der Waals surface area contributed by atoms with Gasteiger partial charge in [0.1, 0.15) is 17.8 Å². The van der Waals surface area contributed by atoms with Crippen molar-refractivity contribution in [2.24, 2.45) is 7.05 Å². The van der Waals surface area contributed by atoms with Crippen LogP contribution in [0.25, 0.3) is 0 Å². The van der Waals surface area contributed by atoms with Gasteiger partial charge in [-0.05, 0) is 20.3 Å². The summed E-state index contributed by atoms with van der Waals surface area (Å²) in [4.78, 5) is 16.7. The van der Waals surface area contributed by atoms with Crippen LogP contribution in [0.5, 0.6) is 0 Å². The number of aromatic nitrogens is 5. The van der Waals surface area contributed by atoms with E-state index in [0.717, 1.165) is 5.82 Å². The first-order chi connectivity index (χ1) is 9.99. The quantitative estimate of drug-likeness (QED) is 0.914. The third-order valence-electron chi connectivity index (χ3n) is 3.33. The van der Waals surface area contributed by atoms with Gasteiger partial charge in [-0.25, -0.2) is 9.67 Å². The maximum absolute atomic E-state index is 12.4. The molecule has 0 saturated carbocycles. The molecule has 0 saturated heterocycles. The van der Waals surface area contributed by atoms with Gasteiger partial charge in [0.25, 0.3) is 5.91 Å². The van der Waals surface area contributed by atoms with E-state index in [4.69, 9.17) is 11.6 Å². The van der Waals surface area contributed by atoms with Gasteiger partial charge < -0.3 is 5.32 Å². The smallest absolute Gasteiger partial charge is 0.271 e. The predicted molar refractivity (Wildman–Crippen MR) is 79.1 cm³/mol. The van der Waals surface area contributed by atoms with Gasteiger partial charge in [0, 0.05) is 13.6 Å². The first-order valence-electron chi connectivity index (χ1n) is 6.87. The zero-order valence-electron chi connectivity index (χ0n) is 12.6. The van der Waals surface area contributed by atoms with E-state index in [1.54, 1.807) is 18.7 Å². The largest absolute Gasteiger partial charge is 0.341 e. The molecule has 1 N–H and O–H groups in total. The summed E-state index contributed by atoms with van der Waals surface area (Å²) in [6.07, 6.45) is 2.20. The molecule has 1 atom stereocenters. The molecule has 0 bridgehead atoms. The van der Waals surface area contributed by atoms with Crippen molar-refractivity contribution in [1.29, 1.82) is 0 Å². The molecular formula is C13H19ClN6O. The normalized spacial score (nSPS) is 12.4. The van der Waals surface area contributed by atoms with Gasteiger partial charge in [-0.3, -0.25) is 9.48 Å². The zero-order chi connectivity index (χ0) is 15.6. The zero-order valence-corrected chi connectivity index (χ0v) is 13.3. The minimum atomic E-state index is -0.263. The van der Waals surface area contributed by atoms with Gasteiger partial charge >= 0.3 is 0 Å². The molecule has 114 valence electrons. The molecule has 0 radical (unpaired) electrons. The van der Waals surface area contributed by atoms with Crippen molar-refractivity contribution in [3.63, 3.8) is 0 Å². The molecule has 0 fully saturated rings. The Kier molecular flexibility index (Phi) is 4.62.